The third-order valence-electron chi connectivity index (χ3n) is 3.00. The lowest BCUT2D eigenvalue weighted by atomic mass is 10.1. The van der Waals surface area contributed by atoms with Crippen molar-refractivity contribution >= 4 is 46.7 Å². The van der Waals surface area contributed by atoms with Crippen LogP contribution in [0.1, 0.15) is 26.7 Å². The summed E-state index contributed by atoms with van der Waals surface area (Å²) in [6.45, 7) is 2.38. The van der Waals surface area contributed by atoms with E-state index in [1.165, 1.54) is 0 Å². The van der Waals surface area contributed by atoms with Gasteiger partial charge in [-0.1, -0.05) is 11.8 Å². The van der Waals surface area contributed by atoms with Gasteiger partial charge in [-0.15, -0.1) is 0 Å². The second-order valence-electron chi connectivity index (χ2n) is 5.75. The molecule has 0 saturated carbocycles. The number of hydroxylamine groups is 2. The van der Waals surface area contributed by atoms with Crippen LogP contribution in [0.25, 0.3) is 0 Å². The Balaban J connectivity index is 0. The SMILES string of the molecule is CC(=O)O.CCOC(=O)CNC(=O)C(CSC(=O)N(C)O)NC(=O)CCC(N)C(=O)O. The molecule has 2 unspecified atom stereocenters. The first-order chi connectivity index (χ1) is 14.3. The van der Waals surface area contributed by atoms with Crippen molar-refractivity contribution in [2.24, 2.45) is 5.73 Å². The Bertz CT molecular complexity index is 640. The number of nitrogens with zero attached hydrogens (tertiary/aromatic N) is 1. The van der Waals surface area contributed by atoms with E-state index in [1.54, 1.807) is 6.92 Å². The van der Waals surface area contributed by atoms with E-state index >= 15 is 0 Å². The molecule has 178 valence electrons. The van der Waals surface area contributed by atoms with Crippen LogP contribution in [0.3, 0.4) is 0 Å². The number of carboxylic acids is 2. The number of carbonyl (C=O) groups excluding carboxylic acids is 4. The molecule has 14 nitrogen and oxygen atoms in total. The lowest BCUT2D eigenvalue weighted by molar-refractivity contribution is -0.143. The molecule has 0 bridgehead atoms. The van der Waals surface area contributed by atoms with Crippen LogP contribution in [0, 0.1) is 0 Å². The van der Waals surface area contributed by atoms with Gasteiger partial charge < -0.3 is 31.3 Å². The Morgan fingerprint density at radius 3 is 2.16 bits per heavy atom. The first-order valence-electron chi connectivity index (χ1n) is 8.81. The van der Waals surface area contributed by atoms with Crippen LogP contribution in [0.15, 0.2) is 0 Å². The van der Waals surface area contributed by atoms with Gasteiger partial charge in [0.2, 0.25) is 11.8 Å². The lowest BCUT2D eigenvalue weighted by Gasteiger charge is -2.18. The van der Waals surface area contributed by atoms with Crippen molar-refractivity contribution in [3.05, 3.63) is 0 Å². The third-order valence-corrected chi connectivity index (χ3v) is 4.01. The van der Waals surface area contributed by atoms with E-state index in [0.717, 1.165) is 14.0 Å². The summed E-state index contributed by atoms with van der Waals surface area (Å²) < 4.78 is 4.66. The zero-order valence-electron chi connectivity index (χ0n) is 17.3. The van der Waals surface area contributed by atoms with Crippen LogP contribution >= 0.6 is 11.8 Å². The van der Waals surface area contributed by atoms with Crippen LogP contribution in [0.5, 0.6) is 0 Å². The number of thioether (sulfide) groups is 1. The van der Waals surface area contributed by atoms with E-state index in [4.69, 9.17) is 25.9 Å². The van der Waals surface area contributed by atoms with Gasteiger partial charge in [-0.05, 0) is 13.3 Å². The average Bonchev–Trinajstić information content (AvgIpc) is 2.66. The molecule has 0 heterocycles. The molecule has 3 amide bonds. The monoisotopic (exact) mass is 468 g/mol. The Kier molecular flexibility index (Phi) is 16.5. The second-order valence-corrected chi connectivity index (χ2v) is 6.72. The molecule has 0 spiro atoms. The number of ether oxygens (including phenoxy) is 1. The number of nitrogens with two attached hydrogens (primary N) is 1. The highest BCUT2D eigenvalue weighted by atomic mass is 32.2. The number of hydrogen-bond donors (Lipinski definition) is 6. The molecular formula is C16H28N4O10S. The summed E-state index contributed by atoms with van der Waals surface area (Å²) in [5, 5.41) is 29.3. The van der Waals surface area contributed by atoms with Gasteiger partial charge in [0.15, 0.2) is 0 Å². The Morgan fingerprint density at radius 2 is 1.71 bits per heavy atom. The fraction of sp³-hybridized carbons (Fsp3) is 0.625. The van der Waals surface area contributed by atoms with Crippen molar-refractivity contribution in [3.8, 4) is 0 Å². The number of esters is 1. The van der Waals surface area contributed by atoms with Gasteiger partial charge >= 0.3 is 17.2 Å². The molecule has 0 fully saturated rings. The predicted molar refractivity (Wildman–Crippen MR) is 107 cm³/mol. The predicted octanol–water partition coefficient (Wildman–Crippen LogP) is -1.39. The zero-order valence-corrected chi connectivity index (χ0v) is 18.1. The molecule has 7 N–H and O–H groups in total. The minimum Gasteiger partial charge on any atom is -0.481 e. The number of carbonyl (C=O) groups is 6. The summed E-state index contributed by atoms with van der Waals surface area (Å²) >= 11 is 0.563. The van der Waals surface area contributed by atoms with Crippen molar-refractivity contribution in [1.82, 2.24) is 15.7 Å². The molecule has 15 heteroatoms. The molecule has 31 heavy (non-hydrogen) atoms. The third kappa shape index (κ3) is 17.6. The van der Waals surface area contributed by atoms with Crippen LogP contribution in [0.4, 0.5) is 4.79 Å². The number of carboxylic acid groups (broad SMARTS) is 2. The molecule has 2 atom stereocenters. The highest BCUT2D eigenvalue weighted by Crippen LogP contribution is 2.08. The highest BCUT2D eigenvalue weighted by Gasteiger charge is 2.24. The molecule has 0 saturated heterocycles. The summed E-state index contributed by atoms with van der Waals surface area (Å²) in [5.74, 6) is -4.41. The van der Waals surface area contributed by atoms with E-state index in [2.05, 4.69) is 15.4 Å². The van der Waals surface area contributed by atoms with E-state index in [0.29, 0.717) is 16.8 Å². The summed E-state index contributed by atoms with van der Waals surface area (Å²) in [5.41, 5.74) is 5.30. The largest absolute Gasteiger partial charge is 0.481 e. The van der Waals surface area contributed by atoms with Crippen LogP contribution in [0.2, 0.25) is 0 Å². The van der Waals surface area contributed by atoms with Crippen molar-refractivity contribution in [3.63, 3.8) is 0 Å². The first-order valence-corrected chi connectivity index (χ1v) is 9.80. The molecule has 0 aliphatic carbocycles. The van der Waals surface area contributed by atoms with E-state index in [9.17, 15) is 24.0 Å². The van der Waals surface area contributed by atoms with Gasteiger partial charge in [0.25, 0.3) is 5.97 Å². The van der Waals surface area contributed by atoms with Gasteiger partial charge in [0, 0.05) is 26.1 Å². The quantitative estimate of drug-likeness (QED) is 0.117. The van der Waals surface area contributed by atoms with Crippen molar-refractivity contribution in [1.29, 1.82) is 0 Å². The minimum atomic E-state index is -1.27. The fourth-order valence-corrected chi connectivity index (χ4v) is 2.33. The fourth-order valence-electron chi connectivity index (χ4n) is 1.60. The van der Waals surface area contributed by atoms with Gasteiger partial charge in [-0.25, -0.2) is 5.06 Å². The van der Waals surface area contributed by atoms with E-state index in [1.807, 2.05) is 0 Å². The summed E-state index contributed by atoms with van der Waals surface area (Å²) in [6, 6.07) is -2.44. The molecule has 0 aromatic heterocycles. The van der Waals surface area contributed by atoms with Crippen LogP contribution in [-0.2, 0) is 28.7 Å². The number of aliphatic carboxylic acids is 2. The van der Waals surface area contributed by atoms with Gasteiger partial charge in [-0.2, -0.15) is 0 Å². The standard InChI is InChI=1S/C14H24N4O8S.C2H4O2/c1-3-26-11(20)6-16-12(21)9(7-27-14(24)18(2)25)17-10(19)5-4-8(15)13(22)23;1-2(3)4/h8-9,25H,3-7,15H2,1-2H3,(H,16,21)(H,17,19)(H,22,23);1H3,(H,3,4). The maximum Gasteiger partial charge on any atom is 0.325 e. The summed E-state index contributed by atoms with van der Waals surface area (Å²) in [4.78, 5) is 66.5. The van der Waals surface area contributed by atoms with Crippen molar-refractivity contribution in [2.75, 3.05) is 26.0 Å². The smallest absolute Gasteiger partial charge is 0.325 e. The summed E-state index contributed by atoms with van der Waals surface area (Å²) in [7, 11) is 1.09. The maximum absolute atomic E-state index is 12.2. The second kappa shape index (κ2) is 16.8. The highest BCUT2D eigenvalue weighted by molar-refractivity contribution is 8.13. The van der Waals surface area contributed by atoms with Gasteiger partial charge in [0.05, 0.1) is 6.61 Å². The van der Waals surface area contributed by atoms with Crippen molar-refractivity contribution < 1.29 is 48.9 Å². The van der Waals surface area contributed by atoms with Gasteiger partial charge in [0.1, 0.15) is 18.6 Å². The molecule has 0 aromatic rings. The molecule has 0 aliphatic heterocycles. The lowest BCUT2D eigenvalue weighted by Crippen LogP contribution is -2.50. The summed E-state index contributed by atoms with van der Waals surface area (Å²) in [6.07, 6.45) is -0.405. The molecule has 0 radical (unpaired) electrons. The Morgan fingerprint density at radius 1 is 1.16 bits per heavy atom. The number of rotatable bonds is 11. The maximum atomic E-state index is 12.2. The average molecular weight is 468 g/mol. The number of amides is 3. The van der Waals surface area contributed by atoms with Crippen LogP contribution < -0.4 is 16.4 Å². The topological polar surface area (TPSA) is 226 Å². The van der Waals surface area contributed by atoms with Gasteiger partial charge in [-0.3, -0.25) is 34.0 Å². The zero-order chi connectivity index (χ0) is 24.6. The normalized spacial score (nSPS) is 11.6. The molecular weight excluding hydrogens is 440 g/mol. The number of hydrogen-bond acceptors (Lipinski definition) is 10. The Hall–Kier alpha value is -2.91. The van der Waals surface area contributed by atoms with E-state index < -0.39 is 53.6 Å². The molecule has 0 rings (SSSR count). The molecule has 0 aliphatic rings. The first kappa shape index (κ1) is 30.3. The number of nitrogens with one attached hydrogen (secondary N) is 2. The minimum absolute atomic E-state index is 0.131. The van der Waals surface area contributed by atoms with Crippen molar-refractivity contribution in [2.45, 2.75) is 38.8 Å². The van der Waals surface area contributed by atoms with Crippen LogP contribution in [-0.4, -0.2) is 93.5 Å². The van der Waals surface area contributed by atoms with E-state index in [-0.39, 0.29) is 25.2 Å². The molecule has 0 aromatic carbocycles. The Labute approximate surface area is 182 Å².